The molecule has 0 fully saturated rings. The summed E-state index contributed by atoms with van der Waals surface area (Å²) in [5.41, 5.74) is 5.75. The summed E-state index contributed by atoms with van der Waals surface area (Å²) in [5, 5.41) is 11.1. The van der Waals surface area contributed by atoms with Gasteiger partial charge in [-0.2, -0.15) is 0 Å². The van der Waals surface area contributed by atoms with Gasteiger partial charge in [-0.3, -0.25) is 9.59 Å². The number of carboxylic acids is 1. The number of thioether (sulfide) groups is 1. The van der Waals surface area contributed by atoms with Gasteiger partial charge in [-0.1, -0.05) is 12.1 Å². The number of rotatable bonds is 8. The van der Waals surface area contributed by atoms with Crippen molar-refractivity contribution in [1.82, 2.24) is 5.32 Å². The zero-order valence-corrected chi connectivity index (χ0v) is 11.9. The van der Waals surface area contributed by atoms with Crippen molar-refractivity contribution in [3.05, 3.63) is 35.6 Å². The van der Waals surface area contributed by atoms with Gasteiger partial charge in [-0.15, -0.1) is 11.8 Å². The number of primary amides is 1. The fourth-order valence-corrected chi connectivity index (χ4v) is 2.28. The third kappa shape index (κ3) is 6.75. The van der Waals surface area contributed by atoms with Crippen molar-refractivity contribution in [3.8, 4) is 0 Å². The van der Waals surface area contributed by atoms with E-state index in [2.05, 4.69) is 5.32 Å². The van der Waals surface area contributed by atoms with E-state index in [0.29, 0.717) is 5.75 Å². The second-order valence-corrected chi connectivity index (χ2v) is 5.23. The van der Waals surface area contributed by atoms with E-state index < -0.39 is 30.2 Å². The van der Waals surface area contributed by atoms with Gasteiger partial charge in [0.2, 0.25) is 11.8 Å². The minimum absolute atomic E-state index is 0.0277. The van der Waals surface area contributed by atoms with Gasteiger partial charge in [0.1, 0.15) is 11.9 Å². The quantitative estimate of drug-likeness (QED) is 0.647. The van der Waals surface area contributed by atoms with E-state index in [4.69, 9.17) is 10.8 Å². The normalized spacial score (nSPS) is 11.7. The van der Waals surface area contributed by atoms with E-state index in [1.54, 1.807) is 12.1 Å². The molecule has 0 aliphatic heterocycles. The Bertz CT molecular complexity index is 521. The smallest absolute Gasteiger partial charge is 0.326 e. The molecular formula is C13H15FN2O4S. The molecule has 0 radical (unpaired) electrons. The van der Waals surface area contributed by atoms with Crippen molar-refractivity contribution < 1.29 is 23.9 Å². The molecule has 0 aliphatic carbocycles. The summed E-state index contributed by atoms with van der Waals surface area (Å²) in [7, 11) is 0. The van der Waals surface area contributed by atoms with Crippen molar-refractivity contribution in [2.24, 2.45) is 5.73 Å². The van der Waals surface area contributed by atoms with E-state index in [9.17, 15) is 18.8 Å². The Morgan fingerprint density at radius 3 is 2.43 bits per heavy atom. The van der Waals surface area contributed by atoms with Crippen molar-refractivity contribution in [3.63, 3.8) is 0 Å². The first-order chi connectivity index (χ1) is 9.88. The Morgan fingerprint density at radius 1 is 1.29 bits per heavy atom. The summed E-state index contributed by atoms with van der Waals surface area (Å²) >= 11 is 1.25. The Morgan fingerprint density at radius 2 is 1.90 bits per heavy atom. The van der Waals surface area contributed by atoms with Gasteiger partial charge in [-0.25, -0.2) is 9.18 Å². The van der Waals surface area contributed by atoms with Gasteiger partial charge < -0.3 is 16.2 Å². The lowest BCUT2D eigenvalue weighted by Crippen LogP contribution is -2.44. The van der Waals surface area contributed by atoms with Gasteiger partial charge in [0.15, 0.2) is 0 Å². The highest BCUT2D eigenvalue weighted by Crippen LogP contribution is 2.12. The molecule has 0 spiro atoms. The highest BCUT2D eigenvalue weighted by Gasteiger charge is 2.21. The standard InChI is InChI=1S/C13H15FN2O4S/c14-9-3-1-8(2-4-9)6-21-7-12(18)16-10(13(19)20)5-11(15)17/h1-4,10H,5-7H2,(H2,15,17)(H,16,18)(H,19,20). The SMILES string of the molecule is NC(=O)CC(NC(=O)CSCc1ccc(F)cc1)C(=O)O. The van der Waals surface area contributed by atoms with Gasteiger partial charge in [0, 0.05) is 5.75 Å². The minimum atomic E-state index is -1.32. The number of nitrogens with one attached hydrogen (secondary N) is 1. The summed E-state index contributed by atoms with van der Waals surface area (Å²) in [6.45, 7) is 0. The molecule has 0 aromatic heterocycles. The summed E-state index contributed by atoms with van der Waals surface area (Å²) in [4.78, 5) is 33.1. The number of hydrogen-bond acceptors (Lipinski definition) is 4. The summed E-state index contributed by atoms with van der Waals surface area (Å²) in [6.07, 6.45) is -0.455. The molecule has 6 nitrogen and oxygen atoms in total. The number of carboxylic acid groups (broad SMARTS) is 1. The maximum Gasteiger partial charge on any atom is 0.326 e. The van der Waals surface area contributed by atoms with E-state index >= 15 is 0 Å². The molecule has 1 aromatic carbocycles. The summed E-state index contributed by atoms with van der Waals surface area (Å²) in [5.74, 6) is -2.44. The molecule has 0 heterocycles. The number of aliphatic carboxylic acids is 1. The number of amides is 2. The lowest BCUT2D eigenvalue weighted by molar-refractivity contribution is -0.143. The van der Waals surface area contributed by atoms with Gasteiger partial charge >= 0.3 is 5.97 Å². The molecule has 1 unspecified atom stereocenters. The maximum absolute atomic E-state index is 12.7. The molecule has 2 amide bonds. The largest absolute Gasteiger partial charge is 0.480 e. The van der Waals surface area contributed by atoms with E-state index in [0.717, 1.165) is 5.56 Å². The summed E-state index contributed by atoms with van der Waals surface area (Å²) in [6, 6.07) is 4.54. The molecule has 8 heteroatoms. The second kappa shape index (κ2) is 8.25. The highest BCUT2D eigenvalue weighted by atomic mass is 32.2. The Kier molecular flexibility index (Phi) is 6.67. The van der Waals surface area contributed by atoms with Crippen molar-refractivity contribution in [2.75, 3.05) is 5.75 Å². The number of hydrogen-bond donors (Lipinski definition) is 3. The van der Waals surface area contributed by atoms with Crippen molar-refractivity contribution >= 4 is 29.5 Å². The average Bonchev–Trinajstić information content (AvgIpc) is 2.39. The fourth-order valence-electron chi connectivity index (χ4n) is 1.48. The third-order valence-electron chi connectivity index (χ3n) is 2.45. The van der Waals surface area contributed by atoms with Crippen LogP contribution >= 0.6 is 11.8 Å². The van der Waals surface area contributed by atoms with Gasteiger partial charge in [-0.05, 0) is 17.7 Å². The third-order valence-corrected chi connectivity index (χ3v) is 3.46. The van der Waals surface area contributed by atoms with Crippen LogP contribution in [0.5, 0.6) is 0 Å². The number of carbonyl (C=O) groups excluding carboxylic acids is 2. The molecule has 4 N–H and O–H groups in total. The van der Waals surface area contributed by atoms with E-state index in [1.165, 1.54) is 23.9 Å². The second-order valence-electron chi connectivity index (χ2n) is 4.25. The highest BCUT2D eigenvalue weighted by molar-refractivity contribution is 7.99. The molecule has 0 bridgehead atoms. The lowest BCUT2D eigenvalue weighted by atomic mass is 10.2. The zero-order valence-electron chi connectivity index (χ0n) is 11.0. The zero-order chi connectivity index (χ0) is 15.8. The van der Waals surface area contributed by atoms with Crippen LogP contribution in [-0.4, -0.2) is 34.7 Å². The number of carbonyl (C=O) groups is 3. The number of halogens is 1. The number of nitrogens with two attached hydrogens (primary N) is 1. The molecule has 114 valence electrons. The fraction of sp³-hybridized carbons (Fsp3) is 0.308. The molecular weight excluding hydrogens is 299 g/mol. The molecule has 21 heavy (non-hydrogen) atoms. The summed E-state index contributed by atoms with van der Waals surface area (Å²) < 4.78 is 12.7. The molecule has 1 aromatic rings. The predicted octanol–water partition coefficient (Wildman–Crippen LogP) is 0.504. The van der Waals surface area contributed by atoms with Crippen LogP contribution in [0.2, 0.25) is 0 Å². The monoisotopic (exact) mass is 314 g/mol. The molecule has 1 atom stereocenters. The first-order valence-corrected chi connectivity index (χ1v) is 7.16. The van der Waals surface area contributed by atoms with Crippen LogP contribution in [0, 0.1) is 5.82 Å². The van der Waals surface area contributed by atoms with Crippen LogP contribution in [0.1, 0.15) is 12.0 Å². The van der Waals surface area contributed by atoms with Crippen molar-refractivity contribution in [1.29, 1.82) is 0 Å². The van der Waals surface area contributed by atoms with Crippen LogP contribution in [0.25, 0.3) is 0 Å². The lowest BCUT2D eigenvalue weighted by Gasteiger charge is -2.12. The molecule has 0 saturated carbocycles. The van der Waals surface area contributed by atoms with Crippen LogP contribution in [0.15, 0.2) is 24.3 Å². The molecule has 0 saturated heterocycles. The van der Waals surface area contributed by atoms with Crippen LogP contribution < -0.4 is 11.1 Å². The van der Waals surface area contributed by atoms with Crippen LogP contribution in [0.4, 0.5) is 4.39 Å². The van der Waals surface area contributed by atoms with Crippen molar-refractivity contribution in [2.45, 2.75) is 18.2 Å². The molecule has 1 rings (SSSR count). The minimum Gasteiger partial charge on any atom is -0.480 e. The number of benzene rings is 1. The van der Waals surface area contributed by atoms with E-state index in [-0.39, 0.29) is 11.6 Å². The average molecular weight is 314 g/mol. The van der Waals surface area contributed by atoms with Crippen LogP contribution in [0.3, 0.4) is 0 Å². The van der Waals surface area contributed by atoms with Crippen LogP contribution in [-0.2, 0) is 20.1 Å². The Labute approximate surface area is 124 Å². The first kappa shape index (κ1) is 17.0. The molecule has 0 aliphatic rings. The van der Waals surface area contributed by atoms with E-state index in [1.807, 2.05) is 0 Å². The topological polar surface area (TPSA) is 109 Å². The maximum atomic E-state index is 12.7. The van der Waals surface area contributed by atoms with Gasteiger partial charge in [0.05, 0.1) is 12.2 Å². The Balaban J connectivity index is 2.37. The first-order valence-electron chi connectivity index (χ1n) is 6.01. The van der Waals surface area contributed by atoms with Gasteiger partial charge in [0.25, 0.3) is 0 Å². The predicted molar refractivity (Wildman–Crippen MR) is 75.9 cm³/mol. The Hall–Kier alpha value is -2.09.